The van der Waals surface area contributed by atoms with Crippen LogP contribution in [-0.4, -0.2) is 0 Å². The molecule has 2 radical (unpaired) electrons. The van der Waals surface area contributed by atoms with E-state index in [1.54, 1.807) is 12.1 Å². The average molecular weight is 230 g/mol. The molecule has 0 saturated heterocycles. The van der Waals surface area contributed by atoms with Gasteiger partial charge in [-0.2, -0.15) is 0 Å². The largest absolute Gasteiger partial charge is 0.455 e. The first-order chi connectivity index (χ1) is 8.09. The second-order valence-electron chi connectivity index (χ2n) is 3.91. The molecule has 3 rings (SSSR count). The van der Waals surface area contributed by atoms with E-state index in [1.807, 2.05) is 0 Å². The summed E-state index contributed by atoms with van der Waals surface area (Å²) < 4.78 is 32.2. The molecule has 0 unspecified atom stereocenters. The highest BCUT2D eigenvalue weighted by atomic mass is 19.1. The zero-order valence-electron chi connectivity index (χ0n) is 8.89. The van der Waals surface area contributed by atoms with E-state index < -0.39 is 11.6 Å². The quantitative estimate of drug-likeness (QED) is 0.563. The molecule has 3 heteroatoms. The topological polar surface area (TPSA) is 13.1 Å². The number of hydrogen-bond donors (Lipinski definition) is 0. The smallest absolute Gasteiger partial charge is 0.141 e. The van der Waals surface area contributed by atoms with Crippen molar-refractivity contribution in [3.05, 3.63) is 60.9 Å². The fourth-order valence-electron chi connectivity index (χ4n) is 1.97. The summed E-state index contributed by atoms with van der Waals surface area (Å²) in [4.78, 5) is 0. The Morgan fingerprint density at radius 3 is 1.59 bits per heavy atom. The Morgan fingerprint density at radius 2 is 1.18 bits per heavy atom. The van der Waals surface area contributed by atoms with E-state index in [-0.39, 0.29) is 11.1 Å². The molecule has 0 saturated carbocycles. The molecule has 3 aromatic rings. The van der Waals surface area contributed by atoms with Gasteiger partial charge in [0.1, 0.15) is 22.8 Å². The molecule has 2 aromatic carbocycles. The first kappa shape index (κ1) is 10.3. The molecule has 1 aromatic heterocycles. The predicted molar refractivity (Wildman–Crippen MR) is 62.6 cm³/mol. The Morgan fingerprint density at radius 1 is 0.765 bits per heavy atom. The van der Waals surface area contributed by atoms with Gasteiger partial charge in [-0.25, -0.2) is 8.78 Å². The monoisotopic (exact) mass is 230 g/mol. The number of fused-ring (bicyclic) bond motifs is 3. The number of furan rings is 1. The van der Waals surface area contributed by atoms with Gasteiger partial charge in [-0.1, -0.05) is 0 Å². The van der Waals surface area contributed by atoms with Gasteiger partial charge in [-0.05, 0) is 38.1 Å². The number of benzene rings is 2. The van der Waals surface area contributed by atoms with E-state index in [4.69, 9.17) is 4.42 Å². The molecule has 1 nitrogen and oxygen atoms in total. The summed E-state index contributed by atoms with van der Waals surface area (Å²) >= 11 is 0. The van der Waals surface area contributed by atoms with Gasteiger partial charge in [0.25, 0.3) is 0 Å². The highest BCUT2D eigenvalue weighted by Crippen LogP contribution is 2.34. The van der Waals surface area contributed by atoms with Crippen LogP contribution in [0.15, 0.2) is 28.7 Å². The summed E-state index contributed by atoms with van der Waals surface area (Å²) in [6, 6.07) is 5.85. The lowest BCUT2D eigenvalue weighted by molar-refractivity contribution is 0.604. The fourth-order valence-corrected chi connectivity index (χ4v) is 1.97. The van der Waals surface area contributed by atoms with Crippen LogP contribution in [0.25, 0.3) is 21.9 Å². The third-order valence-electron chi connectivity index (χ3n) is 2.90. The van der Waals surface area contributed by atoms with E-state index in [1.165, 1.54) is 12.1 Å². The summed E-state index contributed by atoms with van der Waals surface area (Å²) in [5.74, 6) is -0.884. The average Bonchev–Trinajstić information content (AvgIpc) is 2.69. The maximum Gasteiger partial charge on any atom is 0.141 e. The van der Waals surface area contributed by atoms with Crippen molar-refractivity contribution in [2.24, 2.45) is 0 Å². The molecule has 0 bridgehead atoms. The van der Waals surface area contributed by atoms with Gasteiger partial charge in [0.2, 0.25) is 0 Å². The van der Waals surface area contributed by atoms with Crippen molar-refractivity contribution in [3.8, 4) is 0 Å². The number of hydrogen-bond acceptors (Lipinski definition) is 1. The molecule has 17 heavy (non-hydrogen) atoms. The van der Waals surface area contributed by atoms with E-state index in [0.29, 0.717) is 11.2 Å². The lowest BCUT2D eigenvalue weighted by Crippen LogP contribution is -1.81. The number of rotatable bonds is 0. The van der Waals surface area contributed by atoms with Gasteiger partial charge in [0.05, 0.1) is 0 Å². The van der Waals surface area contributed by atoms with Crippen LogP contribution < -0.4 is 0 Å². The van der Waals surface area contributed by atoms with Crippen LogP contribution in [0, 0.1) is 25.5 Å². The maximum atomic E-state index is 13.3. The molecular weight excluding hydrogens is 222 g/mol. The molecule has 0 aliphatic carbocycles. The lowest BCUT2D eigenvalue weighted by Gasteiger charge is -1.95. The van der Waals surface area contributed by atoms with Crippen LogP contribution in [0.2, 0.25) is 0 Å². The van der Waals surface area contributed by atoms with Crippen molar-refractivity contribution in [2.75, 3.05) is 0 Å². The van der Waals surface area contributed by atoms with Crippen LogP contribution in [0.1, 0.15) is 11.1 Å². The van der Waals surface area contributed by atoms with Gasteiger partial charge in [0.15, 0.2) is 0 Å². The first-order valence-electron chi connectivity index (χ1n) is 5.06. The van der Waals surface area contributed by atoms with Gasteiger partial charge >= 0.3 is 0 Å². The molecule has 0 N–H and O–H groups in total. The van der Waals surface area contributed by atoms with Crippen LogP contribution in [0.4, 0.5) is 8.78 Å². The highest BCUT2D eigenvalue weighted by molar-refractivity contribution is 6.07. The van der Waals surface area contributed by atoms with E-state index in [9.17, 15) is 8.78 Å². The Bertz CT molecular complexity index is 679. The van der Waals surface area contributed by atoms with E-state index in [2.05, 4.69) is 13.8 Å². The molecule has 0 atom stereocenters. The molecule has 84 valence electrons. The normalized spacial score (nSPS) is 11.5. The first-order valence-corrected chi connectivity index (χ1v) is 5.06. The van der Waals surface area contributed by atoms with Crippen molar-refractivity contribution in [1.29, 1.82) is 0 Å². The third kappa shape index (κ3) is 1.28. The molecule has 0 amide bonds. The standard InChI is InChI=1S/C14H8F2O/c1-7-11(15)5-3-9-10-4-6-12(16)8(2)14(10)17-13(7)9/h3-6H,1-2H2. The van der Waals surface area contributed by atoms with Crippen molar-refractivity contribution in [1.82, 2.24) is 0 Å². The molecule has 1 heterocycles. The zero-order chi connectivity index (χ0) is 12.2. The summed E-state index contributed by atoms with van der Waals surface area (Å²) in [6.45, 7) is 7.23. The Balaban J connectivity index is 2.58. The second kappa shape index (κ2) is 3.29. The fraction of sp³-hybridized carbons (Fsp3) is 0. The summed E-state index contributed by atoms with van der Waals surface area (Å²) in [6.07, 6.45) is 0. The maximum absolute atomic E-state index is 13.3. The van der Waals surface area contributed by atoms with Gasteiger partial charge in [-0.3, -0.25) is 0 Å². The molecule has 0 spiro atoms. The van der Waals surface area contributed by atoms with Crippen molar-refractivity contribution in [2.45, 2.75) is 0 Å². The van der Waals surface area contributed by atoms with Gasteiger partial charge in [-0.15, -0.1) is 0 Å². The Hall–Kier alpha value is -1.90. The van der Waals surface area contributed by atoms with Crippen LogP contribution in [0.5, 0.6) is 0 Å². The predicted octanol–water partition coefficient (Wildman–Crippen LogP) is 4.23. The van der Waals surface area contributed by atoms with E-state index in [0.717, 1.165) is 10.8 Å². The van der Waals surface area contributed by atoms with Gasteiger partial charge in [0, 0.05) is 21.9 Å². The second-order valence-corrected chi connectivity index (χ2v) is 3.91. The zero-order valence-corrected chi connectivity index (χ0v) is 8.89. The minimum Gasteiger partial charge on any atom is -0.455 e. The Labute approximate surface area is 96.7 Å². The van der Waals surface area contributed by atoms with Crippen LogP contribution >= 0.6 is 0 Å². The van der Waals surface area contributed by atoms with Gasteiger partial charge < -0.3 is 4.42 Å². The molecule has 0 aliphatic heterocycles. The summed E-state index contributed by atoms with van der Waals surface area (Å²) in [7, 11) is 0. The molecular formula is C14H8F2O. The Kier molecular flexibility index (Phi) is 1.99. The summed E-state index contributed by atoms with van der Waals surface area (Å²) in [5.41, 5.74) is 1.04. The van der Waals surface area contributed by atoms with Crippen LogP contribution in [-0.2, 0) is 0 Å². The SMILES string of the molecule is [CH2]c1c(F)ccc2c1oc1c([CH2])c(F)ccc12. The highest BCUT2D eigenvalue weighted by Gasteiger charge is 2.14. The molecule has 0 aliphatic rings. The molecule has 0 fully saturated rings. The number of halogens is 2. The lowest BCUT2D eigenvalue weighted by atomic mass is 10.1. The van der Waals surface area contributed by atoms with Crippen LogP contribution in [0.3, 0.4) is 0 Å². The summed E-state index contributed by atoms with van der Waals surface area (Å²) in [5, 5.41) is 1.44. The van der Waals surface area contributed by atoms with E-state index >= 15 is 0 Å². The minimum atomic E-state index is -0.442. The third-order valence-corrected chi connectivity index (χ3v) is 2.90. The van der Waals surface area contributed by atoms with Crippen molar-refractivity contribution in [3.63, 3.8) is 0 Å². The minimum absolute atomic E-state index is 0.179. The van der Waals surface area contributed by atoms with Crippen molar-refractivity contribution >= 4 is 21.9 Å². The van der Waals surface area contributed by atoms with Crippen molar-refractivity contribution < 1.29 is 13.2 Å².